The minimum atomic E-state index is -0.919. The van der Waals surface area contributed by atoms with E-state index in [0.717, 1.165) is 53.2 Å². The zero-order chi connectivity index (χ0) is 33.1. The predicted molar refractivity (Wildman–Crippen MR) is 181 cm³/mol. The monoisotopic (exact) mass is 652 g/mol. The van der Waals surface area contributed by atoms with Gasteiger partial charge < -0.3 is 20.1 Å². The zero-order valence-electron chi connectivity index (χ0n) is 26.9. The Bertz CT molecular complexity index is 1720. The lowest BCUT2D eigenvalue weighted by Crippen LogP contribution is -2.59. The first kappa shape index (κ1) is 32.5. The van der Waals surface area contributed by atoms with E-state index in [9.17, 15) is 19.5 Å². The Morgan fingerprint density at radius 3 is 2.15 bits per heavy atom. The van der Waals surface area contributed by atoms with Gasteiger partial charge in [0.1, 0.15) is 6.04 Å². The minimum absolute atomic E-state index is 0.0933. The number of carbonyl (C=O) groups excluding carboxylic acids is 2. The van der Waals surface area contributed by atoms with Gasteiger partial charge >= 0.3 is 5.97 Å². The third-order valence-corrected chi connectivity index (χ3v) is 10.5. The van der Waals surface area contributed by atoms with Crippen molar-refractivity contribution >= 4 is 29.1 Å². The molecule has 2 aliphatic heterocycles. The first-order valence-electron chi connectivity index (χ1n) is 16.1. The minimum Gasteiger partial charge on any atom is -0.481 e. The van der Waals surface area contributed by atoms with Crippen LogP contribution in [0.5, 0.6) is 0 Å². The number of rotatable bonds is 9. The van der Waals surface area contributed by atoms with E-state index in [-0.39, 0.29) is 36.7 Å². The highest BCUT2D eigenvalue weighted by Gasteiger charge is 2.39. The summed E-state index contributed by atoms with van der Waals surface area (Å²) in [5.74, 6) is -0.963. The van der Waals surface area contributed by atoms with Crippen LogP contribution in [-0.4, -0.2) is 70.1 Å². The van der Waals surface area contributed by atoms with Crippen LogP contribution >= 0.6 is 11.3 Å². The van der Waals surface area contributed by atoms with Crippen molar-refractivity contribution < 1.29 is 24.2 Å². The summed E-state index contributed by atoms with van der Waals surface area (Å²) in [6.45, 7) is 8.18. The molecule has 2 aromatic heterocycles. The van der Waals surface area contributed by atoms with Crippen LogP contribution in [0, 0.1) is 5.92 Å². The van der Waals surface area contributed by atoms with Crippen molar-refractivity contribution in [2.24, 2.45) is 5.92 Å². The maximum atomic E-state index is 13.5. The van der Waals surface area contributed by atoms with Gasteiger partial charge in [-0.3, -0.25) is 14.4 Å². The van der Waals surface area contributed by atoms with Gasteiger partial charge in [0.15, 0.2) is 5.82 Å². The van der Waals surface area contributed by atoms with Crippen LogP contribution in [-0.2, 0) is 26.2 Å². The highest BCUT2D eigenvalue weighted by atomic mass is 32.1. The third-order valence-electron chi connectivity index (χ3n) is 8.96. The van der Waals surface area contributed by atoms with Gasteiger partial charge in [-0.1, -0.05) is 69.3 Å². The molecule has 47 heavy (non-hydrogen) atoms. The maximum Gasteiger partial charge on any atom is 0.310 e. The zero-order valence-corrected chi connectivity index (χ0v) is 27.8. The van der Waals surface area contributed by atoms with Gasteiger partial charge in [0, 0.05) is 61.1 Å². The van der Waals surface area contributed by atoms with Crippen molar-refractivity contribution in [2.45, 2.75) is 57.4 Å². The molecule has 2 amide bonds. The van der Waals surface area contributed by atoms with Crippen LogP contribution in [0.15, 0.2) is 73.1 Å². The van der Waals surface area contributed by atoms with Crippen molar-refractivity contribution in [3.63, 3.8) is 0 Å². The number of carboxylic acids is 1. The molecule has 0 saturated carbocycles. The smallest absolute Gasteiger partial charge is 0.310 e. The number of thiophene rings is 1. The quantitative estimate of drug-likeness (QED) is 0.229. The number of likely N-dealkylation sites (tertiary alicyclic amines) is 1. The second kappa shape index (κ2) is 13.8. The molecule has 0 radical (unpaired) electrons. The molecular weight excluding hydrogens is 612 g/mol. The molecule has 0 spiro atoms. The molecule has 4 aromatic rings. The van der Waals surface area contributed by atoms with E-state index in [2.05, 4.69) is 60.3 Å². The topological polar surface area (TPSA) is 122 Å². The Morgan fingerprint density at radius 2 is 1.55 bits per heavy atom. The second-order valence-corrected chi connectivity index (χ2v) is 14.5. The van der Waals surface area contributed by atoms with Gasteiger partial charge in [0.05, 0.1) is 10.8 Å². The number of nitrogens with zero attached hydrogens (tertiary/aromatic N) is 3. The van der Waals surface area contributed by atoms with E-state index in [1.165, 1.54) is 21.8 Å². The van der Waals surface area contributed by atoms with Crippen molar-refractivity contribution in [1.29, 1.82) is 0 Å². The number of ether oxygens (including phenoxy) is 1. The van der Waals surface area contributed by atoms with Crippen LogP contribution in [0.25, 0.3) is 22.5 Å². The molecule has 0 bridgehead atoms. The summed E-state index contributed by atoms with van der Waals surface area (Å²) < 4.78 is 5.49. The molecule has 6 rings (SSSR count). The molecule has 4 heterocycles. The van der Waals surface area contributed by atoms with Crippen LogP contribution in [0.1, 0.15) is 65.2 Å². The van der Waals surface area contributed by atoms with Gasteiger partial charge in [0.25, 0.3) is 5.91 Å². The van der Waals surface area contributed by atoms with Crippen LogP contribution in [0.4, 0.5) is 0 Å². The number of nitrogens with one attached hydrogen (secondary N) is 1. The third kappa shape index (κ3) is 7.60. The first-order chi connectivity index (χ1) is 22.5. The summed E-state index contributed by atoms with van der Waals surface area (Å²) in [5, 5.41) is 12.2. The molecule has 2 fully saturated rings. The fourth-order valence-corrected chi connectivity index (χ4v) is 6.92. The standard InChI is InChI=1S/C37H40N4O5S/c1-37(2,3)32-13-12-31(47-32)34(42)40-30(35(43)41-21-29(22-41)36(44)45)18-23-4-6-27(7-5-23)33-38-19-28(20-39-33)25-10-8-24(9-11-25)26-14-16-46-17-15-26/h4-13,19-20,26,29-30H,14-18,21-22H2,1-3H3,(H,40,42)(H,44,45)/t30-/m0/s1. The van der Waals surface area contributed by atoms with Crippen molar-refractivity contribution in [2.75, 3.05) is 26.3 Å². The number of aromatic nitrogens is 2. The van der Waals surface area contributed by atoms with Gasteiger partial charge in [0.2, 0.25) is 5.91 Å². The van der Waals surface area contributed by atoms with Crippen LogP contribution in [0.3, 0.4) is 0 Å². The van der Waals surface area contributed by atoms with Gasteiger partial charge in [-0.15, -0.1) is 11.3 Å². The summed E-state index contributed by atoms with van der Waals surface area (Å²) in [4.78, 5) is 50.4. The normalized spacial score (nSPS) is 16.4. The molecule has 2 N–H and O–H groups in total. The molecule has 9 nitrogen and oxygen atoms in total. The molecule has 0 aliphatic carbocycles. The molecule has 10 heteroatoms. The summed E-state index contributed by atoms with van der Waals surface area (Å²) >= 11 is 1.41. The summed E-state index contributed by atoms with van der Waals surface area (Å²) in [7, 11) is 0. The Labute approximate surface area is 279 Å². The van der Waals surface area contributed by atoms with Crippen molar-refractivity contribution in [3.8, 4) is 22.5 Å². The Balaban J connectivity index is 1.13. The van der Waals surface area contributed by atoms with Crippen molar-refractivity contribution in [3.05, 3.63) is 93.9 Å². The molecule has 244 valence electrons. The Hall–Kier alpha value is -4.41. The maximum absolute atomic E-state index is 13.5. The number of hydrogen-bond acceptors (Lipinski definition) is 7. The molecular formula is C37H40N4O5S. The number of aliphatic carboxylic acids is 1. The average Bonchev–Trinajstić information content (AvgIpc) is 3.56. The average molecular weight is 653 g/mol. The number of carboxylic acid groups (broad SMARTS) is 1. The molecule has 2 aromatic carbocycles. The van der Waals surface area contributed by atoms with Crippen LogP contribution < -0.4 is 5.32 Å². The fraction of sp³-hybridized carbons (Fsp3) is 0.378. The second-order valence-electron chi connectivity index (χ2n) is 13.4. The van der Waals surface area contributed by atoms with E-state index < -0.39 is 17.9 Å². The van der Waals surface area contributed by atoms with Gasteiger partial charge in [-0.05, 0) is 53.0 Å². The largest absolute Gasteiger partial charge is 0.481 e. The summed E-state index contributed by atoms with van der Waals surface area (Å²) in [5.41, 5.74) is 4.94. The van der Waals surface area contributed by atoms with E-state index in [1.807, 2.05) is 42.7 Å². The molecule has 0 unspecified atom stereocenters. The lowest BCUT2D eigenvalue weighted by Gasteiger charge is -2.38. The SMILES string of the molecule is CC(C)(C)c1ccc(C(=O)N[C@@H](Cc2ccc(-c3ncc(-c4ccc(C5CCOCC5)cc4)cn3)cc2)C(=O)N2CC(C(=O)O)C2)s1. The highest BCUT2D eigenvalue weighted by Crippen LogP contribution is 2.31. The molecule has 1 atom stereocenters. The summed E-state index contributed by atoms with van der Waals surface area (Å²) in [6.07, 6.45) is 6.04. The van der Waals surface area contributed by atoms with Crippen LogP contribution in [0.2, 0.25) is 0 Å². The Morgan fingerprint density at radius 1 is 0.915 bits per heavy atom. The van der Waals surface area contributed by atoms with Gasteiger partial charge in [-0.25, -0.2) is 9.97 Å². The van der Waals surface area contributed by atoms with Crippen molar-refractivity contribution in [1.82, 2.24) is 20.2 Å². The van der Waals surface area contributed by atoms with Gasteiger partial charge in [-0.2, -0.15) is 0 Å². The lowest BCUT2D eigenvalue weighted by molar-refractivity contribution is -0.153. The first-order valence-corrected chi connectivity index (χ1v) is 16.9. The lowest BCUT2D eigenvalue weighted by atomic mass is 9.91. The van der Waals surface area contributed by atoms with E-state index in [4.69, 9.17) is 4.74 Å². The fourth-order valence-electron chi connectivity index (χ4n) is 5.96. The number of carbonyl (C=O) groups is 3. The molecule has 2 saturated heterocycles. The summed E-state index contributed by atoms with van der Waals surface area (Å²) in [6, 6.07) is 19.2. The Kier molecular flexibility index (Phi) is 9.52. The highest BCUT2D eigenvalue weighted by molar-refractivity contribution is 7.14. The van der Waals surface area contributed by atoms with E-state index in [1.54, 1.807) is 6.07 Å². The number of amides is 2. The van der Waals surface area contributed by atoms with E-state index >= 15 is 0 Å². The number of hydrogen-bond donors (Lipinski definition) is 2. The molecule has 2 aliphatic rings. The van der Waals surface area contributed by atoms with E-state index in [0.29, 0.717) is 16.6 Å². The number of benzene rings is 2. The predicted octanol–water partition coefficient (Wildman–Crippen LogP) is 5.95.